The zero-order valence-corrected chi connectivity index (χ0v) is 6.45. The maximum atomic E-state index is 5.29. The highest BCUT2D eigenvalue weighted by Gasteiger charge is 1.96. The molecule has 0 bridgehead atoms. The Labute approximate surface area is 69.9 Å². The van der Waals surface area contributed by atoms with E-state index in [1.807, 2.05) is 0 Å². The van der Waals surface area contributed by atoms with Crippen molar-refractivity contribution in [2.75, 3.05) is 0 Å². The van der Waals surface area contributed by atoms with E-state index in [0.29, 0.717) is 5.82 Å². The number of amidine groups is 1. The van der Waals surface area contributed by atoms with Crippen molar-refractivity contribution in [1.82, 2.24) is 9.97 Å². The predicted octanol–water partition coefficient (Wildman–Crippen LogP) is -0.523. The summed E-state index contributed by atoms with van der Waals surface area (Å²) in [5, 5.41) is 3.23. The molecule has 0 unspecified atom stereocenters. The maximum Gasteiger partial charge on any atom is 0.196 e. The first kappa shape index (κ1) is 9.64. The predicted molar refractivity (Wildman–Crippen MR) is 44.2 cm³/mol. The fourth-order valence-corrected chi connectivity index (χ4v) is 0.489. The molecule has 11 heavy (non-hydrogen) atoms. The number of nitrogens with two attached hydrogens (primary N) is 2. The minimum absolute atomic E-state index is 0. The number of nitrogens with zero attached hydrogens (tertiary/aromatic N) is 3. The molecule has 0 saturated heterocycles. The van der Waals surface area contributed by atoms with E-state index in [-0.39, 0.29) is 18.2 Å². The topological polar surface area (TPSA) is 90.2 Å². The summed E-state index contributed by atoms with van der Waals surface area (Å²) in [5.74, 6) is 5.38. The van der Waals surface area contributed by atoms with Crippen LogP contribution < -0.4 is 11.6 Å². The zero-order chi connectivity index (χ0) is 7.40. The molecule has 1 heterocycles. The molecular formula is C5H8ClN5. The van der Waals surface area contributed by atoms with Crippen molar-refractivity contribution in [3.8, 4) is 0 Å². The third kappa shape index (κ3) is 2.38. The zero-order valence-electron chi connectivity index (χ0n) is 5.64. The van der Waals surface area contributed by atoms with Crippen molar-refractivity contribution >= 4 is 18.2 Å². The second-order valence-electron chi connectivity index (χ2n) is 1.59. The Bertz CT molecular complexity index is 234. The molecule has 1 rings (SSSR count). The second kappa shape index (κ2) is 4.45. The van der Waals surface area contributed by atoms with Crippen molar-refractivity contribution in [3.63, 3.8) is 0 Å². The van der Waals surface area contributed by atoms with Gasteiger partial charge in [0.15, 0.2) is 11.7 Å². The van der Waals surface area contributed by atoms with Gasteiger partial charge in [0.25, 0.3) is 0 Å². The van der Waals surface area contributed by atoms with Crippen LogP contribution in [0.3, 0.4) is 0 Å². The lowest BCUT2D eigenvalue weighted by Crippen LogP contribution is -2.18. The Morgan fingerprint density at radius 1 is 1.36 bits per heavy atom. The average Bonchev–Trinajstić information content (AvgIpc) is 2.05. The summed E-state index contributed by atoms with van der Waals surface area (Å²) in [5.41, 5.74) is 5.29. The normalized spacial score (nSPS) is 10.4. The van der Waals surface area contributed by atoms with Crippen LogP contribution in [0.1, 0.15) is 5.82 Å². The molecule has 0 fully saturated rings. The van der Waals surface area contributed by atoms with Crippen molar-refractivity contribution < 1.29 is 0 Å². The van der Waals surface area contributed by atoms with Gasteiger partial charge in [-0.25, -0.2) is 9.97 Å². The molecule has 0 aliphatic rings. The van der Waals surface area contributed by atoms with Gasteiger partial charge in [-0.15, -0.1) is 12.4 Å². The van der Waals surface area contributed by atoms with Crippen LogP contribution in [0.15, 0.2) is 23.6 Å². The number of hydrogen-bond donors (Lipinski definition) is 2. The number of hydrogen-bond acceptors (Lipinski definition) is 4. The highest BCUT2D eigenvalue weighted by atomic mass is 35.5. The van der Waals surface area contributed by atoms with Crippen LogP contribution in [0.4, 0.5) is 0 Å². The number of halogens is 1. The highest BCUT2D eigenvalue weighted by molar-refractivity contribution is 5.93. The molecule has 0 aromatic carbocycles. The average molecular weight is 174 g/mol. The first-order chi connectivity index (χ1) is 4.84. The standard InChI is InChI=1S/C5H7N5.ClH/c6-4(10-7)5-8-2-1-3-9-5;/h1-3H,7H2,(H2,6,10);1H. The minimum atomic E-state index is 0. The van der Waals surface area contributed by atoms with Crippen molar-refractivity contribution in [1.29, 1.82) is 0 Å². The van der Waals surface area contributed by atoms with Gasteiger partial charge < -0.3 is 11.6 Å². The molecule has 1 aromatic rings. The fraction of sp³-hybridized carbons (Fsp3) is 0. The van der Waals surface area contributed by atoms with Gasteiger partial charge >= 0.3 is 0 Å². The maximum absolute atomic E-state index is 5.29. The van der Waals surface area contributed by atoms with Gasteiger partial charge in [0.1, 0.15) is 0 Å². The lowest BCUT2D eigenvalue weighted by Gasteiger charge is -1.92. The Balaban J connectivity index is 0.000001000. The summed E-state index contributed by atoms with van der Waals surface area (Å²) in [7, 11) is 0. The molecule has 0 spiro atoms. The van der Waals surface area contributed by atoms with Gasteiger partial charge in [0.05, 0.1) is 0 Å². The second-order valence-corrected chi connectivity index (χ2v) is 1.59. The summed E-state index contributed by atoms with van der Waals surface area (Å²) in [6.07, 6.45) is 3.14. The third-order valence-corrected chi connectivity index (χ3v) is 0.934. The van der Waals surface area contributed by atoms with E-state index < -0.39 is 0 Å². The van der Waals surface area contributed by atoms with E-state index >= 15 is 0 Å². The van der Waals surface area contributed by atoms with Crippen LogP contribution in [0.25, 0.3) is 0 Å². The van der Waals surface area contributed by atoms with Gasteiger partial charge in [0, 0.05) is 12.4 Å². The fourth-order valence-electron chi connectivity index (χ4n) is 0.489. The Morgan fingerprint density at radius 2 is 1.91 bits per heavy atom. The van der Waals surface area contributed by atoms with E-state index in [9.17, 15) is 0 Å². The lowest BCUT2D eigenvalue weighted by molar-refractivity contribution is 1.10. The monoisotopic (exact) mass is 173 g/mol. The Kier molecular flexibility index (Phi) is 3.90. The van der Waals surface area contributed by atoms with E-state index in [1.54, 1.807) is 18.5 Å². The first-order valence-electron chi connectivity index (χ1n) is 2.65. The van der Waals surface area contributed by atoms with Gasteiger partial charge in [-0.05, 0) is 6.07 Å². The SMILES string of the molecule is Cl.N/N=C(/N)c1ncccn1. The van der Waals surface area contributed by atoms with Crippen LogP contribution in [0, 0.1) is 0 Å². The largest absolute Gasteiger partial charge is 0.379 e. The quantitative estimate of drug-likeness (QED) is 0.259. The van der Waals surface area contributed by atoms with Crippen molar-refractivity contribution in [2.24, 2.45) is 16.7 Å². The van der Waals surface area contributed by atoms with E-state index in [0.717, 1.165) is 0 Å². The minimum Gasteiger partial charge on any atom is -0.379 e. The molecule has 6 heteroatoms. The van der Waals surface area contributed by atoms with Gasteiger partial charge in [-0.3, -0.25) is 0 Å². The van der Waals surface area contributed by atoms with Crippen LogP contribution in [-0.4, -0.2) is 15.8 Å². The molecule has 5 nitrogen and oxygen atoms in total. The third-order valence-electron chi connectivity index (χ3n) is 0.934. The molecule has 0 aliphatic carbocycles. The van der Waals surface area contributed by atoms with Gasteiger partial charge in [-0.2, -0.15) is 5.10 Å². The number of aromatic nitrogens is 2. The smallest absolute Gasteiger partial charge is 0.196 e. The number of rotatable bonds is 1. The van der Waals surface area contributed by atoms with Crippen LogP contribution in [0.5, 0.6) is 0 Å². The van der Waals surface area contributed by atoms with E-state index in [2.05, 4.69) is 15.1 Å². The summed E-state index contributed by atoms with van der Waals surface area (Å²) in [4.78, 5) is 7.61. The Morgan fingerprint density at radius 3 is 2.36 bits per heavy atom. The number of hydrazone groups is 1. The summed E-state index contributed by atoms with van der Waals surface area (Å²) in [6.45, 7) is 0. The molecule has 0 amide bonds. The molecule has 1 aromatic heterocycles. The molecule has 0 radical (unpaired) electrons. The lowest BCUT2D eigenvalue weighted by atomic mass is 10.5. The summed E-state index contributed by atoms with van der Waals surface area (Å²) in [6, 6.07) is 1.69. The van der Waals surface area contributed by atoms with Crippen LogP contribution >= 0.6 is 12.4 Å². The molecule has 0 aliphatic heterocycles. The molecular weight excluding hydrogens is 166 g/mol. The summed E-state index contributed by atoms with van der Waals surface area (Å²) < 4.78 is 0. The van der Waals surface area contributed by atoms with Crippen LogP contribution in [-0.2, 0) is 0 Å². The molecule has 60 valence electrons. The Hall–Kier alpha value is -1.36. The highest BCUT2D eigenvalue weighted by Crippen LogP contribution is 1.83. The van der Waals surface area contributed by atoms with Gasteiger partial charge in [0.2, 0.25) is 0 Å². The molecule has 0 atom stereocenters. The van der Waals surface area contributed by atoms with Crippen molar-refractivity contribution in [3.05, 3.63) is 24.3 Å². The van der Waals surface area contributed by atoms with E-state index in [4.69, 9.17) is 11.6 Å². The molecule has 0 saturated carbocycles. The summed E-state index contributed by atoms with van der Waals surface area (Å²) >= 11 is 0. The molecule has 4 N–H and O–H groups in total. The van der Waals surface area contributed by atoms with Crippen molar-refractivity contribution in [2.45, 2.75) is 0 Å². The van der Waals surface area contributed by atoms with Crippen LogP contribution in [0.2, 0.25) is 0 Å². The van der Waals surface area contributed by atoms with E-state index in [1.165, 1.54) is 0 Å². The van der Waals surface area contributed by atoms with Gasteiger partial charge in [-0.1, -0.05) is 0 Å². The first-order valence-corrected chi connectivity index (χ1v) is 2.65.